The predicted octanol–water partition coefficient (Wildman–Crippen LogP) is 8.21. The summed E-state index contributed by atoms with van der Waals surface area (Å²) in [6, 6.07) is 4.59. The molecule has 0 unspecified atom stereocenters. The average Bonchev–Trinajstić information content (AvgIpc) is 3.46. The van der Waals surface area contributed by atoms with Gasteiger partial charge < -0.3 is 15.3 Å². The van der Waals surface area contributed by atoms with E-state index in [9.17, 15) is 15.3 Å². The van der Waals surface area contributed by atoms with Crippen LogP contribution >= 0.6 is 11.3 Å². The first-order valence-corrected chi connectivity index (χ1v) is 16.9. The molecule has 1 heterocycles. The van der Waals surface area contributed by atoms with E-state index in [0.29, 0.717) is 30.6 Å². The molecular weight excluding hydrogens is 512 g/mol. The second-order valence-corrected chi connectivity index (χ2v) is 14.9. The molecule has 0 radical (unpaired) electrons. The zero-order valence-corrected chi connectivity index (χ0v) is 25.9. The van der Waals surface area contributed by atoms with E-state index in [4.69, 9.17) is 0 Å². The van der Waals surface area contributed by atoms with Crippen molar-refractivity contribution in [2.75, 3.05) is 0 Å². The summed E-state index contributed by atoms with van der Waals surface area (Å²) in [4.78, 5) is 2.86. The van der Waals surface area contributed by atoms with Gasteiger partial charge in [0.2, 0.25) is 0 Å². The fraction of sp³-hybridized carbons (Fsp3) is 0.667. The highest BCUT2D eigenvalue weighted by molar-refractivity contribution is 7.12. The molecule has 0 spiro atoms. The summed E-state index contributed by atoms with van der Waals surface area (Å²) in [7, 11) is 0. The van der Waals surface area contributed by atoms with Crippen LogP contribution < -0.4 is 0 Å². The number of unbranched alkanes of at least 4 members (excludes halogenated alkanes) is 2. The van der Waals surface area contributed by atoms with E-state index in [1.807, 2.05) is 11.3 Å². The van der Waals surface area contributed by atoms with Crippen molar-refractivity contribution >= 4 is 11.3 Å². The Morgan fingerprint density at radius 1 is 1.10 bits per heavy atom. The topological polar surface area (TPSA) is 60.7 Å². The molecule has 5 rings (SSSR count). The minimum Gasteiger partial charge on any atom is -0.393 e. The Morgan fingerprint density at radius 3 is 2.65 bits per heavy atom. The second kappa shape index (κ2) is 12.4. The number of rotatable bonds is 10. The molecule has 7 atom stereocenters. The van der Waals surface area contributed by atoms with Crippen LogP contribution in [-0.2, 0) is 11.8 Å². The van der Waals surface area contributed by atoms with Crippen molar-refractivity contribution in [2.45, 2.75) is 128 Å². The van der Waals surface area contributed by atoms with Crippen LogP contribution in [-0.4, -0.2) is 33.6 Å². The van der Waals surface area contributed by atoms with Crippen molar-refractivity contribution in [3.8, 4) is 0 Å². The lowest BCUT2D eigenvalue weighted by atomic mass is 9.61. The lowest BCUT2D eigenvalue weighted by Gasteiger charge is -2.44. The zero-order valence-electron chi connectivity index (χ0n) is 25.1. The van der Waals surface area contributed by atoms with Crippen LogP contribution in [0.1, 0.15) is 108 Å². The minimum atomic E-state index is -0.633. The van der Waals surface area contributed by atoms with Gasteiger partial charge in [-0.2, -0.15) is 0 Å². The molecule has 40 heavy (non-hydrogen) atoms. The molecule has 1 aromatic rings. The number of hydrogen-bond acceptors (Lipinski definition) is 4. The lowest BCUT2D eigenvalue weighted by molar-refractivity contribution is 0.0862. The van der Waals surface area contributed by atoms with Crippen molar-refractivity contribution < 1.29 is 15.3 Å². The van der Waals surface area contributed by atoms with Crippen molar-refractivity contribution in [2.24, 2.45) is 23.2 Å². The van der Waals surface area contributed by atoms with Gasteiger partial charge in [0.1, 0.15) is 0 Å². The smallest absolute Gasteiger partial charge is 0.0825 e. The van der Waals surface area contributed by atoms with Crippen LogP contribution in [0.3, 0.4) is 0 Å². The molecule has 4 saturated carbocycles. The Kier molecular flexibility index (Phi) is 9.31. The van der Waals surface area contributed by atoms with Crippen LogP contribution in [0, 0.1) is 23.2 Å². The molecular formula is C36H52O3S. The number of aryl methyl sites for hydroxylation is 1. The van der Waals surface area contributed by atoms with Gasteiger partial charge in [-0.25, -0.2) is 0 Å². The average molecular weight is 565 g/mol. The van der Waals surface area contributed by atoms with Gasteiger partial charge in [0, 0.05) is 21.6 Å². The third-order valence-electron chi connectivity index (χ3n) is 11.1. The third kappa shape index (κ3) is 6.02. The molecule has 4 aliphatic carbocycles. The molecule has 0 aliphatic heterocycles. The van der Waals surface area contributed by atoms with E-state index < -0.39 is 18.3 Å². The summed E-state index contributed by atoms with van der Waals surface area (Å²) < 4.78 is 0. The van der Waals surface area contributed by atoms with Gasteiger partial charge in [0.25, 0.3) is 0 Å². The predicted molar refractivity (Wildman–Crippen MR) is 167 cm³/mol. The quantitative estimate of drug-likeness (QED) is 0.198. The molecule has 3 nitrogen and oxygen atoms in total. The normalized spacial score (nSPS) is 35.4. The molecule has 0 bridgehead atoms. The molecule has 3 N–H and O–H groups in total. The number of hydrogen-bond donors (Lipinski definition) is 3. The monoisotopic (exact) mass is 564 g/mol. The Bertz CT molecular complexity index is 1140. The summed E-state index contributed by atoms with van der Waals surface area (Å²) in [5.74, 6) is 1.64. The molecule has 220 valence electrons. The summed E-state index contributed by atoms with van der Waals surface area (Å²) in [5.41, 5.74) is 3.53. The maximum absolute atomic E-state index is 11.4. The summed E-state index contributed by atoms with van der Waals surface area (Å²) in [5, 5.41) is 31.8. The molecule has 4 heteroatoms. The Morgan fingerprint density at radius 2 is 1.90 bits per heavy atom. The first kappa shape index (κ1) is 30.0. The van der Waals surface area contributed by atoms with E-state index in [1.54, 1.807) is 0 Å². The maximum Gasteiger partial charge on any atom is 0.0825 e. The van der Waals surface area contributed by atoms with Crippen LogP contribution in [0.2, 0.25) is 0 Å². The molecule has 1 aromatic heterocycles. The van der Waals surface area contributed by atoms with Gasteiger partial charge in [-0.1, -0.05) is 70.1 Å². The highest BCUT2D eigenvalue weighted by Gasteiger charge is 2.52. The second-order valence-electron chi connectivity index (χ2n) is 13.7. The van der Waals surface area contributed by atoms with Gasteiger partial charge in [-0.15, -0.1) is 11.3 Å². The lowest BCUT2D eigenvalue weighted by Crippen LogP contribution is -2.35. The number of allylic oxidation sites excluding steroid dienone is 4. The minimum absolute atomic E-state index is 0.0511. The van der Waals surface area contributed by atoms with E-state index in [-0.39, 0.29) is 10.8 Å². The van der Waals surface area contributed by atoms with Gasteiger partial charge >= 0.3 is 0 Å². The summed E-state index contributed by atoms with van der Waals surface area (Å²) in [6.45, 7) is 11.2. The zero-order chi connectivity index (χ0) is 28.5. The Labute approximate surface area is 246 Å². The van der Waals surface area contributed by atoms with E-state index in [1.165, 1.54) is 66.7 Å². The van der Waals surface area contributed by atoms with Crippen LogP contribution in [0.25, 0.3) is 0 Å². The van der Waals surface area contributed by atoms with Crippen LogP contribution in [0.5, 0.6) is 0 Å². The SMILES string of the molecule is C=C1/C(=C\C=C2/CCC[C@]3(C)[C@@H]([C@H](C)/C=C/[C@H](O)C4(c5ccc(CCCCC)s5)CC4)CC[C@@H]23)C[C@@H](O)C[C@@H]1O. The fourth-order valence-electron chi connectivity index (χ4n) is 8.36. The largest absolute Gasteiger partial charge is 0.393 e. The standard InChI is InChI=1S/C36H52O3S/c1-5-6-7-10-29-14-18-34(40-29)36(20-21-36)33(39)17-11-24(2)30-15-16-31-26(9-8-19-35(30,31)4)12-13-27-22-28(37)23-32(38)25(27)3/h11-14,17-18,24,28,30-33,37-39H,3,5-10,15-16,19-23H2,1-2,4H3/b17-11+,26-12+,27-13-/t24-,28-,30-,31+,32+,33+,35-/m1/s1. The fourth-order valence-corrected chi connectivity index (χ4v) is 9.69. The van der Waals surface area contributed by atoms with E-state index in [2.05, 4.69) is 63.8 Å². The number of thiophene rings is 1. The number of aliphatic hydroxyl groups is 3. The summed E-state index contributed by atoms with van der Waals surface area (Å²) >= 11 is 1.93. The van der Waals surface area contributed by atoms with Gasteiger partial charge in [-0.05, 0) is 111 Å². The van der Waals surface area contributed by atoms with Crippen LogP contribution in [0.15, 0.2) is 59.7 Å². The summed E-state index contributed by atoms with van der Waals surface area (Å²) in [6.07, 6.45) is 21.6. The van der Waals surface area contributed by atoms with Gasteiger partial charge in [0.15, 0.2) is 0 Å². The molecule has 0 amide bonds. The highest BCUT2D eigenvalue weighted by Crippen LogP contribution is 2.60. The first-order valence-electron chi connectivity index (χ1n) is 16.1. The number of aliphatic hydroxyl groups excluding tert-OH is 3. The van der Waals surface area contributed by atoms with E-state index in [0.717, 1.165) is 30.4 Å². The maximum atomic E-state index is 11.4. The van der Waals surface area contributed by atoms with Crippen molar-refractivity contribution in [3.63, 3.8) is 0 Å². The number of fused-ring (bicyclic) bond motifs is 1. The molecule has 0 saturated heterocycles. The Hall–Kier alpha value is -1.46. The van der Waals surface area contributed by atoms with Crippen molar-refractivity contribution in [1.82, 2.24) is 0 Å². The molecule has 0 aromatic carbocycles. The van der Waals surface area contributed by atoms with Gasteiger partial charge in [-0.3, -0.25) is 0 Å². The first-order chi connectivity index (χ1) is 19.2. The molecule has 4 fully saturated rings. The van der Waals surface area contributed by atoms with E-state index >= 15 is 0 Å². The van der Waals surface area contributed by atoms with Crippen LogP contribution in [0.4, 0.5) is 0 Å². The van der Waals surface area contributed by atoms with Crippen molar-refractivity contribution in [3.05, 3.63) is 69.5 Å². The highest BCUT2D eigenvalue weighted by atomic mass is 32.1. The van der Waals surface area contributed by atoms with Gasteiger partial charge in [0.05, 0.1) is 18.3 Å². The Balaban J connectivity index is 1.24. The van der Waals surface area contributed by atoms with Crippen molar-refractivity contribution in [1.29, 1.82) is 0 Å². The third-order valence-corrected chi connectivity index (χ3v) is 12.4. The molecule has 4 aliphatic rings.